The number of para-hydroxylation sites is 1. The van der Waals surface area contributed by atoms with Gasteiger partial charge in [0.15, 0.2) is 0 Å². The Labute approximate surface area is 162 Å². The average Bonchev–Trinajstić information content (AvgIpc) is 2.70. The summed E-state index contributed by atoms with van der Waals surface area (Å²) in [5.74, 6) is -0.120. The standard InChI is InChI=1S/C20H12FN3O3S/c21-12-5-8-14(9-6-12)28-18-10-7-13(24(26)27)11-16(18)19-22-17-4-2-1-3-15(17)20(25)23-19/h1-11H,(H,22,23,25). The highest BCUT2D eigenvalue weighted by molar-refractivity contribution is 7.99. The van der Waals surface area contributed by atoms with Crippen LogP contribution in [0.3, 0.4) is 0 Å². The molecule has 0 radical (unpaired) electrons. The molecule has 1 N–H and O–H groups in total. The summed E-state index contributed by atoms with van der Waals surface area (Å²) in [6, 6.07) is 17.1. The van der Waals surface area contributed by atoms with E-state index in [4.69, 9.17) is 0 Å². The van der Waals surface area contributed by atoms with Crippen LogP contribution in [0.15, 0.2) is 81.3 Å². The molecule has 138 valence electrons. The van der Waals surface area contributed by atoms with Gasteiger partial charge in [-0.15, -0.1) is 0 Å². The summed E-state index contributed by atoms with van der Waals surface area (Å²) in [5, 5.41) is 11.7. The van der Waals surface area contributed by atoms with Crippen LogP contribution >= 0.6 is 11.8 Å². The van der Waals surface area contributed by atoms with E-state index in [2.05, 4.69) is 9.97 Å². The lowest BCUT2D eigenvalue weighted by atomic mass is 10.1. The van der Waals surface area contributed by atoms with Crippen molar-refractivity contribution in [3.05, 3.63) is 93.0 Å². The first-order chi connectivity index (χ1) is 13.5. The van der Waals surface area contributed by atoms with Gasteiger partial charge >= 0.3 is 0 Å². The summed E-state index contributed by atoms with van der Waals surface area (Å²) in [7, 11) is 0. The molecule has 0 unspecified atom stereocenters. The van der Waals surface area contributed by atoms with Crippen molar-refractivity contribution in [1.82, 2.24) is 9.97 Å². The molecule has 0 fully saturated rings. The molecular weight excluding hydrogens is 381 g/mol. The van der Waals surface area contributed by atoms with E-state index in [1.165, 1.54) is 36.0 Å². The smallest absolute Gasteiger partial charge is 0.270 e. The van der Waals surface area contributed by atoms with Crippen LogP contribution < -0.4 is 5.56 Å². The monoisotopic (exact) mass is 393 g/mol. The van der Waals surface area contributed by atoms with Crippen LogP contribution in [0.2, 0.25) is 0 Å². The molecule has 0 saturated heterocycles. The van der Waals surface area contributed by atoms with Gasteiger partial charge in [-0.3, -0.25) is 14.9 Å². The largest absolute Gasteiger partial charge is 0.306 e. The van der Waals surface area contributed by atoms with Gasteiger partial charge in [0.2, 0.25) is 0 Å². The highest BCUT2D eigenvalue weighted by Crippen LogP contribution is 2.37. The van der Waals surface area contributed by atoms with E-state index in [9.17, 15) is 19.3 Å². The second-order valence-corrected chi connectivity index (χ2v) is 7.04. The molecule has 0 aliphatic heterocycles. The quantitative estimate of drug-likeness (QED) is 0.398. The Morgan fingerprint density at radius 2 is 1.79 bits per heavy atom. The number of H-pyrrole nitrogens is 1. The molecule has 0 bridgehead atoms. The Morgan fingerprint density at radius 3 is 2.54 bits per heavy atom. The number of nitrogens with zero attached hydrogens (tertiary/aromatic N) is 2. The first-order valence-electron chi connectivity index (χ1n) is 8.22. The predicted molar refractivity (Wildman–Crippen MR) is 105 cm³/mol. The lowest BCUT2D eigenvalue weighted by Crippen LogP contribution is -2.09. The number of nitrogens with one attached hydrogen (secondary N) is 1. The maximum absolute atomic E-state index is 13.2. The van der Waals surface area contributed by atoms with Gasteiger partial charge in [-0.05, 0) is 42.5 Å². The molecule has 1 heterocycles. The molecule has 1 aromatic heterocycles. The van der Waals surface area contributed by atoms with Gasteiger partial charge in [-0.1, -0.05) is 23.9 Å². The van der Waals surface area contributed by atoms with Gasteiger partial charge in [0.05, 0.1) is 15.8 Å². The van der Waals surface area contributed by atoms with Crippen molar-refractivity contribution in [3.8, 4) is 11.4 Å². The van der Waals surface area contributed by atoms with Crippen molar-refractivity contribution in [3.63, 3.8) is 0 Å². The minimum atomic E-state index is -0.505. The lowest BCUT2D eigenvalue weighted by Gasteiger charge is -2.10. The number of hydrogen-bond acceptors (Lipinski definition) is 5. The SMILES string of the molecule is O=c1[nH]c(-c2cc([N+](=O)[O-])ccc2Sc2ccc(F)cc2)nc2ccccc12. The number of halogens is 1. The van der Waals surface area contributed by atoms with Crippen LogP contribution in [0.4, 0.5) is 10.1 Å². The maximum Gasteiger partial charge on any atom is 0.270 e. The second-order valence-electron chi connectivity index (χ2n) is 5.93. The van der Waals surface area contributed by atoms with Crippen LogP contribution in [0.1, 0.15) is 0 Å². The molecule has 0 aliphatic rings. The molecule has 0 aliphatic carbocycles. The number of aromatic nitrogens is 2. The summed E-state index contributed by atoms with van der Waals surface area (Å²) in [6.07, 6.45) is 0. The van der Waals surface area contributed by atoms with Gasteiger partial charge in [0.1, 0.15) is 11.6 Å². The summed E-state index contributed by atoms with van der Waals surface area (Å²) < 4.78 is 13.2. The zero-order chi connectivity index (χ0) is 19.7. The maximum atomic E-state index is 13.2. The van der Waals surface area contributed by atoms with Gasteiger partial charge < -0.3 is 4.98 Å². The number of hydrogen-bond donors (Lipinski definition) is 1. The molecule has 4 aromatic rings. The fourth-order valence-corrected chi connectivity index (χ4v) is 3.68. The molecule has 8 heteroatoms. The fraction of sp³-hybridized carbons (Fsp3) is 0. The Morgan fingerprint density at radius 1 is 1.04 bits per heavy atom. The Bertz CT molecular complexity index is 1260. The topological polar surface area (TPSA) is 88.9 Å². The zero-order valence-corrected chi connectivity index (χ0v) is 15.1. The van der Waals surface area contributed by atoms with Gasteiger partial charge in [-0.2, -0.15) is 0 Å². The molecule has 0 atom stereocenters. The summed E-state index contributed by atoms with van der Waals surface area (Å²) >= 11 is 1.30. The van der Waals surface area contributed by atoms with Crippen LogP contribution in [0, 0.1) is 15.9 Å². The molecule has 3 aromatic carbocycles. The number of aromatic amines is 1. The number of nitro groups is 1. The number of nitro benzene ring substituents is 1. The van der Waals surface area contributed by atoms with Crippen molar-refractivity contribution >= 4 is 28.4 Å². The number of non-ortho nitro benzene ring substituents is 1. The zero-order valence-electron chi connectivity index (χ0n) is 14.3. The van der Waals surface area contributed by atoms with E-state index in [0.29, 0.717) is 21.4 Å². The van der Waals surface area contributed by atoms with E-state index in [-0.39, 0.29) is 22.9 Å². The Balaban J connectivity index is 1.88. The highest BCUT2D eigenvalue weighted by atomic mass is 32.2. The normalized spacial score (nSPS) is 10.9. The Kier molecular flexibility index (Phi) is 4.62. The molecule has 6 nitrogen and oxygen atoms in total. The van der Waals surface area contributed by atoms with Crippen LogP contribution in [-0.4, -0.2) is 14.9 Å². The number of rotatable bonds is 4. The molecule has 0 saturated carbocycles. The van der Waals surface area contributed by atoms with Gasteiger partial charge in [-0.25, -0.2) is 9.37 Å². The first kappa shape index (κ1) is 17.9. The van der Waals surface area contributed by atoms with E-state index >= 15 is 0 Å². The average molecular weight is 393 g/mol. The molecular formula is C20H12FN3O3S. The van der Waals surface area contributed by atoms with Gasteiger partial charge in [0.25, 0.3) is 11.2 Å². The Hall–Kier alpha value is -3.52. The molecule has 0 amide bonds. The van der Waals surface area contributed by atoms with Crippen LogP contribution in [0.25, 0.3) is 22.3 Å². The lowest BCUT2D eigenvalue weighted by molar-refractivity contribution is -0.384. The van der Waals surface area contributed by atoms with E-state index < -0.39 is 4.92 Å². The summed E-state index contributed by atoms with van der Waals surface area (Å²) in [5.41, 5.74) is 0.468. The number of fused-ring (bicyclic) bond motifs is 1. The van der Waals surface area contributed by atoms with E-state index in [1.807, 2.05) is 0 Å². The molecule has 0 spiro atoms. The third kappa shape index (κ3) is 3.49. The van der Waals surface area contributed by atoms with E-state index in [0.717, 1.165) is 4.90 Å². The van der Waals surface area contributed by atoms with Crippen molar-refractivity contribution in [2.45, 2.75) is 9.79 Å². The van der Waals surface area contributed by atoms with Crippen molar-refractivity contribution in [2.75, 3.05) is 0 Å². The first-order valence-corrected chi connectivity index (χ1v) is 9.04. The van der Waals surface area contributed by atoms with Crippen molar-refractivity contribution in [1.29, 1.82) is 0 Å². The van der Waals surface area contributed by atoms with Crippen LogP contribution in [-0.2, 0) is 0 Å². The minimum Gasteiger partial charge on any atom is -0.306 e. The molecule has 28 heavy (non-hydrogen) atoms. The predicted octanol–water partition coefficient (Wildman–Crippen LogP) is 4.79. The van der Waals surface area contributed by atoms with Crippen LogP contribution in [0.5, 0.6) is 0 Å². The molecule has 4 rings (SSSR count). The van der Waals surface area contributed by atoms with Crippen molar-refractivity contribution in [2.24, 2.45) is 0 Å². The summed E-state index contributed by atoms with van der Waals surface area (Å²) in [4.78, 5) is 31.7. The highest BCUT2D eigenvalue weighted by Gasteiger charge is 2.16. The third-order valence-electron chi connectivity index (χ3n) is 4.08. The van der Waals surface area contributed by atoms with Gasteiger partial charge in [0, 0.05) is 27.5 Å². The van der Waals surface area contributed by atoms with Crippen molar-refractivity contribution < 1.29 is 9.31 Å². The fourth-order valence-electron chi connectivity index (χ4n) is 2.75. The summed E-state index contributed by atoms with van der Waals surface area (Å²) in [6.45, 7) is 0. The number of benzene rings is 3. The second kappa shape index (κ2) is 7.24. The minimum absolute atomic E-state index is 0.116. The van der Waals surface area contributed by atoms with E-state index in [1.54, 1.807) is 42.5 Å². The third-order valence-corrected chi connectivity index (χ3v) is 5.17.